The molecule has 0 radical (unpaired) electrons. The number of aromatic nitrogens is 3. The summed E-state index contributed by atoms with van der Waals surface area (Å²) in [6.07, 6.45) is 0. The monoisotopic (exact) mass is 227 g/mol. The molecule has 0 aliphatic carbocycles. The average molecular weight is 228 g/mol. The minimum absolute atomic E-state index is 0.105. The van der Waals surface area contributed by atoms with E-state index in [1.807, 2.05) is 0 Å². The van der Waals surface area contributed by atoms with Crippen LogP contribution in [0.5, 0.6) is 0 Å². The molecule has 3 nitrogen and oxygen atoms in total. The molecular formula is C11H18ClN3. The number of hydrogen-bond donors (Lipinski definition) is 0. The van der Waals surface area contributed by atoms with Gasteiger partial charge in [-0.05, 0) is 11.6 Å². The van der Waals surface area contributed by atoms with Crippen molar-refractivity contribution in [2.24, 2.45) is 0 Å². The molecule has 0 unspecified atom stereocenters. The van der Waals surface area contributed by atoms with Crippen molar-refractivity contribution in [3.05, 3.63) is 16.9 Å². The Morgan fingerprint density at radius 2 is 1.07 bits per heavy atom. The Kier molecular flexibility index (Phi) is 3.06. The molecule has 0 aromatic carbocycles. The van der Waals surface area contributed by atoms with Crippen LogP contribution in [0.25, 0.3) is 0 Å². The van der Waals surface area contributed by atoms with Crippen LogP contribution in [0.3, 0.4) is 0 Å². The smallest absolute Gasteiger partial charge is 0.217 e. The van der Waals surface area contributed by atoms with Crippen molar-refractivity contribution in [1.29, 1.82) is 0 Å². The summed E-state index contributed by atoms with van der Waals surface area (Å²) in [4.78, 5) is 12.8. The van der Waals surface area contributed by atoms with E-state index in [1.165, 1.54) is 0 Å². The first-order chi connectivity index (χ1) is 6.60. The Morgan fingerprint density at radius 1 is 0.733 bits per heavy atom. The van der Waals surface area contributed by atoms with E-state index in [1.54, 1.807) is 0 Å². The number of halogens is 1. The first kappa shape index (κ1) is 12.4. The van der Waals surface area contributed by atoms with E-state index < -0.39 is 0 Å². The van der Waals surface area contributed by atoms with Crippen LogP contribution in [0.4, 0.5) is 0 Å². The van der Waals surface area contributed by atoms with Crippen LogP contribution < -0.4 is 0 Å². The van der Waals surface area contributed by atoms with Crippen molar-refractivity contribution in [2.75, 3.05) is 0 Å². The lowest BCUT2D eigenvalue weighted by molar-refractivity contribution is 0.496. The molecule has 0 spiro atoms. The predicted molar refractivity (Wildman–Crippen MR) is 62.2 cm³/mol. The molecule has 0 saturated heterocycles. The molecule has 4 heteroatoms. The first-order valence-corrected chi connectivity index (χ1v) is 5.41. The van der Waals surface area contributed by atoms with Crippen molar-refractivity contribution in [1.82, 2.24) is 15.0 Å². The number of rotatable bonds is 0. The quantitative estimate of drug-likeness (QED) is 0.684. The maximum atomic E-state index is 5.90. The summed E-state index contributed by atoms with van der Waals surface area (Å²) in [7, 11) is 0. The summed E-state index contributed by atoms with van der Waals surface area (Å²) in [6.45, 7) is 12.4. The molecule has 0 saturated carbocycles. The summed E-state index contributed by atoms with van der Waals surface area (Å²) in [5, 5.41) is 0.278. The lowest BCUT2D eigenvalue weighted by atomic mass is 9.93. The van der Waals surface area contributed by atoms with Gasteiger partial charge in [0.2, 0.25) is 5.28 Å². The third-order valence-corrected chi connectivity index (χ3v) is 2.12. The van der Waals surface area contributed by atoms with Gasteiger partial charge in [-0.2, -0.15) is 0 Å². The van der Waals surface area contributed by atoms with Gasteiger partial charge in [-0.15, -0.1) is 0 Å². The van der Waals surface area contributed by atoms with E-state index in [0.29, 0.717) is 0 Å². The predicted octanol–water partition coefficient (Wildman–Crippen LogP) is 3.12. The number of nitrogens with zero attached hydrogens (tertiary/aromatic N) is 3. The van der Waals surface area contributed by atoms with Gasteiger partial charge >= 0.3 is 0 Å². The van der Waals surface area contributed by atoms with Crippen LogP contribution in [0.15, 0.2) is 0 Å². The fourth-order valence-electron chi connectivity index (χ4n) is 1.02. The second-order valence-corrected chi connectivity index (χ2v) is 6.09. The largest absolute Gasteiger partial charge is 0.225 e. The molecule has 15 heavy (non-hydrogen) atoms. The van der Waals surface area contributed by atoms with Crippen molar-refractivity contribution >= 4 is 11.6 Å². The van der Waals surface area contributed by atoms with Crippen LogP contribution in [0.1, 0.15) is 53.2 Å². The topological polar surface area (TPSA) is 38.7 Å². The SMILES string of the molecule is CC(C)(C)c1nc(Cl)nc(C(C)(C)C)n1. The number of hydrogen-bond acceptors (Lipinski definition) is 3. The highest BCUT2D eigenvalue weighted by molar-refractivity contribution is 6.28. The molecule has 0 aliphatic heterocycles. The third kappa shape index (κ3) is 3.13. The molecule has 0 fully saturated rings. The van der Waals surface area contributed by atoms with Crippen LogP contribution >= 0.6 is 11.6 Å². The van der Waals surface area contributed by atoms with Crippen molar-refractivity contribution in [3.63, 3.8) is 0 Å². The molecule has 0 N–H and O–H groups in total. The molecule has 84 valence electrons. The van der Waals surface area contributed by atoms with E-state index in [0.717, 1.165) is 11.6 Å². The lowest BCUT2D eigenvalue weighted by Crippen LogP contribution is -2.23. The highest BCUT2D eigenvalue weighted by atomic mass is 35.5. The first-order valence-electron chi connectivity index (χ1n) is 5.03. The maximum absolute atomic E-state index is 5.90. The van der Waals surface area contributed by atoms with Crippen LogP contribution in [-0.2, 0) is 10.8 Å². The summed E-state index contributed by atoms with van der Waals surface area (Å²) in [5.41, 5.74) is -0.209. The summed E-state index contributed by atoms with van der Waals surface area (Å²) in [5.74, 6) is 1.49. The van der Waals surface area contributed by atoms with Crippen molar-refractivity contribution in [3.8, 4) is 0 Å². The summed E-state index contributed by atoms with van der Waals surface area (Å²) in [6, 6.07) is 0. The molecular weight excluding hydrogens is 210 g/mol. The van der Waals surface area contributed by atoms with Gasteiger partial charge < -0.3 is 0 Å². The Morgan fingerprint density at radius 3 is 1.33 bits per heavy atom. The van der Waals surface area contributed by atoms with Crippen LogP contribution in [0, 0.1) is 0 Å². The fraction of sp³-hybridized carbons (Fsp3) is 0.727. The Hall–Kier alpha value is -0.700. The van der Waals surface area contributed by atoms with Gasteiger partial charge in [0, 0.05) is 10.8 Å². The molecule has 1 aromatic rings. The highest BCUT2D eigenvalue weighted by Crippen LogP contribution is 2.24. The maximum Gasteiger partial charge on any atom is 0.225 e. The van der Waals surface area contributed by atoms with Gasteiger partial charge in [0.25, 0.3) is 0 Å². The Balaban J connectivity index is 3.30. The second-order valence-electron chi connectivity index (χ2n) is 5.75. The van der Waals surface area contributed by atoms with E-state index in [9.17, 15) is 0 Å². The van der Waals surface area contributed by atoms with Gasteiger partial charge in [-0.25, -0.2) is 15.0 Å². The summed E-state index contributed by atoms with van der Waals surface area (Å²) < 4.78 is 0. The van der Waals surface area contributed by atoms with Gasteiger partial charge in [-0.3, -0.25) is 0 Å². The van der Waals surface area contributed by atoms with E-state index in [2.05, 4.69) is 56.5 Å². The fourth-order valence-corrected chi connectivity index (χ4v) is 1.18. The highest BCUT2D eigenvalue weighted by Gasteiger charge is 2.24. The van der Waals surface area contributed by atoms with Crippen LogP contribution in [0.2, 0.25) is 5.28 Å². The lowest BCUT2D eigenvalue weighted by Gasteiger charge is -2.21. The minimum atomic E-state index is -0.105. The van der Waals surface area contributed by atoms with Gasteiger partial charge in [0.15, 0.2) is 0 Å². The standard InChI is InChI=1S/C11H18ClN3/c1-10(2,3)7-13-8(11(4,5)6)15-9(12)14-7/h1-6H3. The molecule has 1 aromatic heterocycles. The summed E-state index contributed by atoms with van der Waals surface area (Å²) >= 11 is 5.90. The second kappa shape index (κ2) is 3.71. The molecule has 0 atom stereocenters. The molecule has 1 heterocycles. The molecule has 0 aliphatic rings. The Labute approximate surface area is 96.3 Å². The Bertz CT molecular complexity index is 329. The van der Waals surface area contributed by atoms with E-state index >= 15 is 0 Å². The van der Waals surface area contributed by atoms with Gasteiger partial charge in [-0.1, -0.05) is 41.5 Å². The van der Waals surface area contributed by atoms with Crippen molar-refractivity contribution < 1.29 is 0 Å². The normalized spacial score (nSPS) is 13.0. The van der Waals surface area contributed by atoms with Gasteiger partial charge in [0.1, 0.15) is 11.6 Å². The zero-order valence-electron chi connectivity index (χ0n) is 10.2. The minimum Gasteiger partial charge on any atom is -0.217 e. The molecule has 0 amide bonds. The zero-order chi connectivity index (χ0) is 11.9. The third-order valence-electron chi connectivity index (χ3n) is 1.95. The van der Waals surface area contributed by atoms with E-state index in [4.69, 9.17) is 11.6 Å². The van der Waals surface area contributed by atoms with E-state index in [-0.39, 0.29) is 16.1 Å². The molecule has 1 rings (SSSR count). The van der Waals surface area contributed by atoms with Crippen molar-refractivity contribution in [2.45, 2.75) is 52.4 Å². The molecule has 0 bridgehead atoms. The van der Waals surface area contributed by atoms with Crippen LogP contribution in [-0.4, -0.2) is 15.0 Å². The zero-order valence-corrected chi connectivity index (χ0v) is 11.0. The average Bonchev–Trinajstić information content (AvgIpc) is 1.99. The van der Waals surface area contributed by atoms with Gasteiger partial charge in [0.05, 0.1) is 0 Å².